The smallest absolute Gasteiger partial charge is 0.343 e. The predicted octanol–water partition coefficient (Wildman–Crippen LogP) is 9.20. The molecule has 4 rings (SSSR count). The van der Waals surface area contributed by atoms with E-state index in [1.807, 2.05) is 68.4 Å². The van der Waals surface area contributed by atoms with Crippen molar-refractivity contribution in [1.29, 1.82) is 0 Å². The molecule has 192 valence electrons. The molecule has 0 saturated carbocycles. The van der Waals surface area contributed by atoms with Crippen LogP contribution >= 0.6 is 0 Å². The summed E-state index contributed by atoms with van der Waals surface area (Å²) in [6.45, 7) is 10.1. The van der Waals surface area contributed by atoms with Gasteiger partial charge in [0, 0.05) is 18.8 Å². The van der Waals surface area contributed by atoms with Gasteiger partial charge in [-0.05, 0) is 112 Å². The molecular formula is C31H31N5O2. The van der Waals surface area contributed by atoms with Crippen molar-refractivity contribution in [2.45, 2.75) is 27.7 Å². The van der Waals surface area contributed by atoms with Crippen LogP contribution in [0.25, 0.3) is 0 Å². The van der Waals surface area contributed by atoms with Gasteiger partial charge < -0.3 is 9.64 Å². The molecule has 0 heterocycles. The minimum Gasteiger partial charge on any atom is -0.423 e. The first-order valence-corrected chi connectivity index (χ1v) is 12.6. The summed E-state index contributed by atoms with van der Waals surface area (Å²) in [5.41, 5.74) is 6.41. The Morgan fingerprint density at radius 2 is 1.13 bits per heavy atom. The Hall–Kier alpha value is -4.65. The summed E-state index contributed by atoms with van der Waals surface area (Å²) in [4.78, 5) is 15.0. The van der Waals surface area contributed by atoms with Crippen LogP contribution in [0.3, 0.4) is 0 Å². The van der Waals surface area contributed by atoms with E-state index < -0.39 is 5.97 Å². The maximum Gasteiger partial charge on any atom is 0.343 e. The van der Waals surface area contributed by atoms with Gasteiger partial charge in [0.2, 0.25) is 0 Å². The van der Waals surface area contributed by atoms with Crippen molar-refractivity contribution in [3.8, 4) is 5.75 Å². The number of anilines is 1. The van der Waals surface area contributed by atoms with Gasteiger partial charge in [0.05, 0.1) is 28.3 Å². The zero-order valence-corrected chi connectivity index (χ0v) is 22.1. The molecule has 0 radical (unpaired) electrons. The summed E-state index contributed by atoms with van der Waals surface area (Å²) in [5, 5.41) is 17.1. The minimum absolute atomic E-state index is 0.426. The number of esters is 1. The highest BCUT2D eigenvalue weighted by Gasteiger charge is 2.11. The van der Waals surface area contributed by atoms with Gasteiger partial charge in [-0.3, -0.25) is 0 Å². The van der Waals surface area contributed by atoms with Crippen LogP contribution in [0.2, 0.25) is 0 Å². The summed E-state index contributed by atoms with van der Waals surface area (Å²) in [6.07, 6.45) is 0. The molecule has 0 unspecified atom stereocenters. The Balaban J connectivity index is 1.36. The van der Waals surface area contributed by atoms with E-state index >= 15 is 0 Å². The third kappa shape index (κ3) is 6.97. The summed E-state index contributed by atoms with van der Waals surface area (Å²) in [7, 11) is 0. The lowest BCUT2D eigenvalue weighted by molar-refractivity contribution is 0.0733. The fourth-order valence-electron chi connectivity index (χ4n) is 3.79. The molecule has 0 aliphatic heterocycles. The van der Waals surface area contributed by atoms with Crippen LogP contribution in [0.4, 0.5) is 28.4 Å². The summed E-state index contributed by atoms with van der Waals surface area (Å²) >= 11 is 0. The van der Waals surface area contributed by atoms with Crippen molar-refractivity contribution < 1.29 is 9.53 Å². The number of rotatable bonds is 9. The molecule has 38 heavy (non-hydrogen) atoms. The van der Waals surface area contributed by atoms with Crippen LogP contribution in [0, 0.1) is 13.8 Å². The Kier molecular flexibility index (Phi) is 8.72. The Labute approximate surface area is 223 Å². The molecule has 0 aliphatic rings. The third-order valence-corrected chi connectivity index (χ3v) is 6.04. The van der Waals surface area contributed by atoms with Crippen molar-refractivity contribution in [2.75, 3.05) is 18.0 Å². The van der Waals surface area contributed by atoms with Crippen LogP contribution < -0.4 is 9.64 Å². The van der Waals surface area contributed by atoms with E-state index in [1.54, 1.807) is 36.4 Å². The molecule has 0 aromatic heterocycles. The molecule has 0 atom stereocenters. The average Bonchev–Trinajstić information content (AvgIpc) is 2.94. The number of carbonyl (C=O) groups is 1. The molecule has 0 saturated heterocycles. The molecule has 7 nitrogen and oxygen atoms in total. The lowest BCUT2D eigenvalue weighted by Crippen LogP contribution is -2.21. The topological polar surface area (TPSA) is 79.0 Å². The maximum atomic E-state index is 12.7. The highest BCUT2D eigenvalue weighted by molar-refractivity contribution is 5.91. The van der Waals surface area contributed by atoms with Gasteiger partial charge in [-0.25, -0.2) is 4.79 Å². The molecule has 0 bridgehead atoms. The van der Waals surface area contributed by atoms with Gasteiger partial charge in [0.15, 0.2) is 0 Å². The number of nitrogens with zero attached hydrogens (tertiary/aromatic N) is 5. The maximum absolute atomic E-state index is 12.7. The lowest BCUT2D eigenvalue weighted by Gasteiger charge is -2.20. The van der Waals surface area contributed by atoms with Gasteiger partial charge in [-0.1, -0.05) is 17.7 Å². The van der Waals surface area contributed by atoms with Crippen molar-refractivity contribution in [3.63, 3.8) is 0 Å². The first kappa shape index (κ1) is 26.4. The van der Waals surface area contributed by atoms with Crippen molar-refractivity contribution in [2.24, 2.45) is 20.5 Å². The van der Waals surface area contributed by atoms with E-state index in [0.717, 1.165) is 35.7 Å². The normalized spacial score (nSPS) is 11.3. The van der Waals surface area contributed by atoms with Crippen molar-refractivity contribution >= 4 is 34.4 Å². The van der Waals surface area contributed by atoms with Crippen molar-refractivity contribution in [1.82, 2.24) is 0 Å². The first-order valence-electron chi connectivity index (χ1n) is 12.6. The molecule has 4 aromatic carbocycles. The van der Waals surface area contributed by atoms with Crippen LogP contribution in [0.5, 0.6) is 5.75 Å². The molecule has 0 fully saturated rings. The molecule has 0 aliphatic carbocycles. The summed E-state index contributed by atoms with van der Waals surface area (Å²) < 4.78 is 5.61. The second kappa shape index (κ2) is 12.5. The van der Waals surface area contributed by atoms with Crippen LogP contribution in [0.1, 0.15) is 35.3 Å². The second-order valence-electron chi connectivity index (χ2n) is 8.81. The lowest BCUT2D eigenvalue weighted by atomic mass is 10.2. The molecule has 0 amide bonds. The molecule has 7 heteroatoms. The van der Waals surface area contributed by atoms with E-state index in [-0.39, 0.29) is 0 Å². The van der Waals surface area contributed by atoms with E-state index in [4.69, 9.17) is 4.74 Å². The second-order valence-corrected chi connectivity index (χ2v) is 8.81. The van der Waals surface area contributed by atoms with Crippen LogP contribution in [-0.2, 0) is 0 Å². The number of hydrogen-bond donors (Lipinski definition) is 0. The summed E-state index contributed by atoms with van der Waals surface area (Å²) in [6, 6.07) is 28.0. The zero-order chi connectivity index (χ0) is 26.9. The fraction of sp³-hybridized carbons (Fsp3) is 0.194. The molecule has 0 spiro atoms. The Morgan fingerprint density at radius 3 is 1.66 bits per heavy atom. The predicted molar refractivity (Wildman–Crippen MR) is 152 cm³/mol. The zero-order valence-electron chi connectivity index (χ0n) is 22.1. The SMILES string of the molecule is CCN(CC)c1ccc(N=Nc2ccc(C(=O)Oc3ccc(N=Nc4ccc(C)cc4)cc3C)cc2)cc1. The number of ether oxygens (including phenoxy) is 1. The summed E-state index contributed by atoms with van der Waals surface area (Å²) in [5.74, 6) is 0.0267. The monoisotopic (exact) mass is 505 g/mol. The first-order chi connectivity index (χ1) is 18.4. The van der Waals surface area contributed by atoms with Gasteiger partial charge in [-0.2, -0.15) is 20.5 Å². The van der Waals surface area contributed by atoms with Crippen molar-refractivity contribution in [3.05, 3.63) is 108 Å². The van der Waals surface area contributed by atoms with E-state index in [2.05, 4.69) is 39.2 Å². The molecule has 0 N–H and O–H groups in total. The number of azo groups is 2. The third-order valence-electron chi connectivity index (χ3n) is 6.04. The van der Waals surface area contributed by atoms with Crippen LogP contribution in [0.15, 0.2) is 111 Å². The average molecular weight is 506 g/mol. The standard InChI is InChI=1S/C31H31N5O2/c1-5-36(6-2)29-18-15-27(16-19-29)33-32-26-13-9-24(10-14-26)31(37)38-30-20-17-28(21-23(30)4)35-34-25-11-7-22(3)8-12-25/h7-21H,5-6H2,1-4H3. The van der Waals surface area contributed by atoms with E-state index in [9.17, 15) is 4.79 Å². The highest BCUT2D eigenvalue weighted by atomic mass is 16.5. The van der Waals surface area contributed by atoms with Crippen LogP contribution in [-0.4, -0.2) is 19.1 Å². The Morgan fingerprint density at radius 1 is 0.658 bits per heavy atom. The van der Waals surface area contributed by atoms with E-state index in [1.165, 1.54) is 5.56 Å². The van der Waals surface area contributed by atoms with Gasteiger partial charge in [0.1, 0.15) is 5.75 Å². The van der Waals surface area contributed by atoms with E-state index in [0.29, 0.717) is 22.7 Å². The molecular weight excluding hydrogens is 474 g/mol. The highest BCUT2D eigenvalue weighted by Crippen LogP contribution is 2.27. The fourth-order valence-corrected chi connectivity index (χ4v) is 3.79. The number of carbonyl (C=O) groups excluding carboxylic acids is 1. The number of aryl methyl sites for hydroxylation is 2. The van der Waals surface area contributed by atoms with Gasteiger partial charge >= 0.3 is 5.97 Å². The largest absolute Gasteiger partial charge is 0.423 e. The minimum atomic E-state index is -0.447. The Bertz CT molecular complexity index is 1420. The van der Waals surface area contributed by atoms with Gasteiger partial charge in [-0.15, -0.1) is 0 Å². The number of benzene rings is 4. The van der Waals surface area contributed by atoms with Gasteiger partial charge in [0.25, 0.3) is 0 Å². The molecule has 4 aromatic rings. The number of hydrogen-bond acceptors (Lipinski definition) is 7. The quantitative estimate of drug-likeness (QED) is 0.129.